The molecule has 2 amide bonds. The number of nitrogens with zero attached hydrogens (tertiary/aromatic N) is 4. The number of aromatic nitrogens is 3. The Morgan fingerprint density at radius 1 is 1.06 bits per heavy atom. The van der Waals surface area contributed by atoms with E-state index in [0.717, 1.165) is 47.5 Å². The first-order chi connectivity index (χ1) is 17.3. The molecular formula is C29H33N5O2. The lowest BCUT2D eigenvalue weighted by atomic mass is 9.86. The summed E-state index contributed by atoms with van der Waals surface area (Å²) in [6.07, 6.45) is 10.4. The molecule has 1 aromatic carbocycles. The van der Waals surface area contributed by atoms with Gasteiger partial charge in [-0.05, 0) is 86.8 Å². The number of amides is 2. The van der Waals surface area contributed by atoms with Gasteiger partial charge in [0.15, 0.2) is 0 Å². The second-order valence-corrected chi connectivity index (χ2v) is 10.2. The molecule has 0 radical (unpaired) electrons. The smallest absolute Gasteiger partial charge is 0.259 e. The summed E-state index contributed by atoms with van der Waals surface area (Å²) in [5.74, 6) is 0.732. The van der Waals surface area contributed by atoms with Crippen LogP contribution in [0.2, 0.25) is 0 Å². The second kappa shape index (κ2) is 9.72. The molecule has 0 aliphatic heterocycles. The summed E-state index contributed by atoms with van der Waals surface area (Å²) in [5, 5.41) is 7.44. The van der Waals surface area contributed by atoms with E-state index in [1.54, 1.807) is 31.4 Å². The van der Waals surface area contributed by atoms with Gasteiger partial charge in [-0.25, -0.2) is 4.68 Å². The zero-order valence-corrected chi connectivity index (χ0v) is 21.4. The van der Waals surface area contributed by atoms with Crippen molar-refractivity contribution < 1.29 is 9.59 Å². The molecule has 7 nitrogen and oxygen atoms in total. The molecule has 7 heteroatoms. The number of benzene rings is 1. The maximum atomic E-state index is 13.0. The average Bonchev–Trinajstić information content (AvgIpc) is 3.65. The maximum Gasteiger partial charge on any atom is 0.259 e. The lowest BCUT2D eigenvalue weighted by molar-refractivity contribution is -0.133. The number of pyridine rings is 1. The van der Waals surface area contributed by atoms with Crippen molar-refractivity contribution >= 4 is 23.1 Å². The van der Waals surface area contributed by atoms with E-state index >= 15 is 0 Å². The fourth-order valence-electron chi connectivity index (χ4n) is 5.01. The van der Waals surface area contributed by atoms with Gasteiger partial charge in [0.05, 0.1) is 40.7 Å². The highest BCUT2D eigenvalue weighted by Crippen LogP contribution is 2.40. The zero-order valence-electron chi connectivity index (χ0n) is 21.4. The molecule has 2 aliphatic carbocycles. The van der Waals surface area contributed by atoms with Crippen LogP contribution >= 0.6 is 0 Å². The molecule has 0 spiro atoms. The maximum absolute atomic E-state index is 13.0. The molecule has 1 unspecified atom stereocenters. The molecule has 1 atom stereocenters. The topological polar surface area (TPSA) is 80.1 Å². The number of carbonyl (C=O) groups is 2. The van der Waals surface area contributed by atoms with Crippen LogP contribution in [-0.2, 0) is 4.79 Å². The van der Waals surface area contributed by atoms with Crippen LogP contribution in [0.25, 0.3) is 11.3 Å². The molecule has 2 aromatic heterocycles. The van der Waals surface area contributed by atoms with Crippen LogP contribution in [0.3, 0.4) is 0 Å². The van der Waals surface area contributed by atoms with Gasteiger partial charge in [0, 0.05) is 20.0 Å². The summed E-state index contributed by atoms with van der Waals surface area (Å²) in [4.78, 5) is 31.6. The number of rotatable bonds is 6. The Labute approximate surface area is 212 Å². The van der Waals surface area contributed by atoms with Crippen molar-refractivity contribution in [2.45, 2.75) is 51.9 Å². The number of carbonyl (C=O) groups excluding carboxylic acids is 2. The first-order valence-corrected chi connectivity index (χ1v) is 12.7. The van der Waals surface area contributed by atoms with Crippen LogP contribution in [0.5, 0.6) is 0 Å². The highest BCUT2D eigenvalue weighted by molar-refractivity contribution is 6.05. The Balaban J connectivity index is 1.27. The van der Waals surface area contributed by atoms with E-state index in [9.17, 15) is 9.59 Å². The third-order valence-corrected chi connectivity index (χ3v) is 7.28. The summed E-state index contributed by atoms with van der Waals surface area (Å²) in [6.45, 7) is 3.91. The molecule has 36 heavy (non-hydrogen) atoms. The van der Waals surface area contributed by atoms with Crippen LogP contribution in [0, 0.1) is 19.8 Å². The lowest BCUT2D eigenvalue weighted by Gasteiger charge is -2.24. The minimum atomic E-state index is -0.204. The minimum Gasteiger partial charge on any atom is -0.349 e. The average molecular weight is 484 g/mol. The zero-order chi connectivity index (χ0) is 25.4. The normalized spacial score (nSPS) is 17.4. The van der Waals surface area contributed by atoms with E-state index in [0.29, 0.717) is 17.2 Å². The fraction of sp³-hybridized carbons (Fsp3) is 0.379. The summed E-state index contributed by atoms with van der Waals surface area (Å²) < 4.78 is 1.81. The monoisotopic (exact) mass is 483 g/mol. The Morgan fingerprint density at radius 2 is 1.81 bits per heavy atom. The van der Waals surface area contributed by atoms with E-state index in [2.05, 4.69) is 45.7 Å². The van der Waals surface area contributed by atoms with E-state index in [4.69, 9.17) is 0 Å². The lowest BCUT2D eigenvalue weighted by Crippen LogP contribution is -2.30. The Bertz CT molecular complexity index is 1330. The fourth-order valence-corrected chi connectivity index (χ4v) is 5.01. The van der Waals surface area contributed by atoms with Crippen molar-refractivity contribution in [3.63, 3.8) is 0 Å². The van der Waals surface area contributed by atoms with Gasteiger partial charge in [-0.1, -0.05) is 18.2 Å². The van der Waals surface area contributed by atoms with Gasteiger partial charge in [0.1, 0.15) is 0 Å². The highest BCUT2D eigenvalue weighted by atomic mass is 16.2. The predicted molar refractivity (Wildman–Crippen MR) is 141 cm³/mol. The van der Waals surface area contributed by atoms with Crippen molar-refractivity contribution in [3.8, 4) is 5.69 Å². The molecule has 5 rings (SSSR count). The SMILES string of the molecule is Cc1cc(NC(=O)c2cnn(-c3ccc(C4CC4)cc3)c2C)cnc1C1=CCC(C(=O)N(C)C)CC1. The van der Waals surface area contributed by atoms with Gasteiger partial charge in [-0.3, -0.25) is 14.6 Å². The highest BCUT2D eigenvalue weighted by Gasteiger charge is 2.25. The number of aryl methyl sites for hydroxylation is 1. The molecule has 2 aliphatic rings. The minimum absolute atomic E-state index is 0.0444. The number of hydrogen-bond acceptors (Lipinski definition) is 4. The molecule has 1 N–H and O–H groups in total. The standard InChI is InChI=1S/C29H33N5O2/c1-18-15-24(16-30-27(18)22-7-9-23(10-8-22)29(36)33(3)4)32-28(35)26-17-31-34(19(26)2)25-13-11-21(12-14-25)20-5-6-20/h7,11-17,20,23H,5-6,8-10H2,1-4H3,(H,32,35). The van der Waals surface area contributed by atoms with Gasteiger partial charge in [0.2, 0.25) is 5.91 Å². The first kappa shape index (κ1) is 24.0. The van der Waals surface area contributed by atoms with Gasteiger partial charge in [0.25, 0.3) is 5.91 Å². The van der Waals surface area contributed by atoms with E-state index in [1.165, 1.54) is 18.4 Å². The molecule has 1 fully saturated rings. The Hall–Kier alpha value is -3.74. The molecule has 0 saturated heterocycles. The molecule has 186 valence electrons. The summed E-state index contributed by atoms with van der Waals surface area (Å²) in [5.41, 5.74) is 7.41. The second-order valence-electron chi connectivity index (χ2n) is 10.2. The molecule has 2 heterocycles. The van der Waals surface area contributed by atoms with Crippen LogP contribution < -0.4 is 5.32 Å². The first-order valence-electron chi connectivity index (χ1n) is 12.7. The van der Waals surface area contributed by atoms with Gasteiger partial charge in [-0.15, -0.1) is 0 Å². The number of allylic oxidation sites excluding steroid dienone is 2. The predicted octanol–water partition coefficient (Wildman–Crippen LogP) is 5.29. The summed E-state index contributed by atoms with van der Waals surface area (Å²) in [7, 11) is 3.61. The largest absolute Gasteiger partial charge is 0.349 e. The Morgan fingerprint density at radius 3 is 2.42 bits per heavy atom. The molecular weight excluding hydrogens is 450 g/mol. The van der Waals surface area contributed by atoms with Crippen LogP contribution in [0.15, 0.2) is 48.8 Å². The van der Waals surface area contributed by atoms with Crippen molar-refractivity contribution in [1.29, 1.82) is 0 Å². The van der Waals surface area contributed by atoms with Crippen LogP contribution in [0.1, 0.15) is 70.9 Å². The van der Waals surface area contributed by atoms with Gasteiger partial charge >= 0.3 is 0 Å². The van der Waals surface area contributed by atoms with Crippen molar-refractivity contribution in [3.05, 3.63) is 76.9 Å². The van der Waals surface area contributed by atoms with Crippen molar-refractivity contribution in [2.24, 2.45) is 5.92 Å². The molecule has 1 saturated carbocycles. The van der Waals surface area contributed by atoms with E-state index in [1.807, 2.05) is 24.6 Å². The van der Waals surface area contributed by atoms with Crippen molar-refractivity contribution in [1.82, 2.24) is 19.7 Å². The quantitative estimate of drug-likeness (QED) is 0.517. The van der Waals surface area contributed by atoms with E-state index in [-0.39, 0.29) is 17.7 Å². The van der Waals surface area contributed by atoms with Crippen molar-refractivity contribution in [2.75, 3.05) is 19.4 Å². The van der Waals surface area contributed by atoms with Gasteiger partial charge < -0.3 is 10.2 Å². The third-order valence-electron chi connectivity index (χ3n) is 7.28. The number of nitrogens with one attached hydrogen (secondary N) is 1. The number of anilines is 1. The Kier molecular flexibility index (Phi) is 6.48. The van der Waals surface area contributed by atoms with Gasteiger partial charge in [-0.2, -0.15) is 5.10 Å². The van der Waals surface area contributed by atoms with Crippen LogP contribution in [-0.4, -0.2) is 45.6 Å². The summed E-state index contributed by atoms with van der Waals surface area (Å²) >= 11 is 0. The third kappa shape index (κ3) is 4.83. The van der Waals surface area contributed by atoms with E-state index < -0.39 is 0 Å². The summed E-state index contributed by atoms with van der Waals surface area (Å²) in [6, 6.07) is 10.4. The number of hydrogen-bond donors (Lipinski definition) is 1. The van der Waals surface area contributed by atoms with Crippen LogP contribution in [0.4, 0.5) is 5.69 Å². The molecule has 0 bridgehead atoms. The molecule has 3 aromatic rings.